The quantitative estimate of drug-likeness (QED) is 0.316. The Morgan fingerprint density at radius 2 is 1.71 bits per heavy atom. The van der Waals surface area contributed by atoms with Gasteiger partial charge in [-0.05, 0) is 37.1 Å². The zero-order valence-corrected chi connectivity index (χ0v) is 18.5. The van der Waals surface area contributed by atoms with Crippen molar-refractivity contribution in [3.63, 3.8) is 0 Å². The van der Waals surface area contributed by atoms with E-state index in [2.05, 4.69) is 26.4 Å². The molecule has 2 N–H and O–H groups in total. The minimum Gasteiger partial charge on any atom is -0.490 e. The second kappa shape index (κ2) is 12.4. The molecular formula is C20H26F2IN3O2. The van der Waals surface area contributed by atoms with Crippen LogP contribution in [0.4, 0.5) is 8.78 Å². The van der Waals surface area contributed by atoms with Crippen molar-refractivity contribution in [1.82, 2.24) is 10.6 Å². The number of benzene rings is 2. The van der Waals surface area contributed by atoms with Crippen molar-refractivity contribution in [2.24, 2.45) is 4.99 Å². The molecule has 8 heteroatoms. The molecule has 0 aliphatic heterocycles. The van der Waals surface area contributed by atoms with Gasteiger partial charge in [0.1, 0.15) is 0 Å². The Kier molecular flexibility index (Phi) is 10.6. The summed E-state index contributed by atoms with van der Waals surface area (Å²) in [5, 5.41) is 6.44. The standard InChI is InChI=1S/C20H25F2N3O2.HI/c1-4-26-18-11-16(8-9-17(18)27-19(21)22)13-25-20(23-3)24-12-15-7-5-6-14(2)10-15;/h5-11,19H,4,12-13H2,1-3H3,(H2,23,24,25);1H. The van der Waals surface area contributed by atoms with Crippen LogP contribution in [-0.2, 0) is 13.1 Å². The highest BCUT2D eigenvalue weighted by molar-refractivity contribution is 14.0. The van der Waals surface area contributed by atoms with Gasteiger partial charge in [0, 0.05) is 20.1 Å². The van der Waals surface area contributed by atoms with Crippen LogP contribution in [0.25, 0.3) is 0 Å². The van der Waals surface area contributed by atoms with Crippen LogP contribution in [0, 0.1) is 6.92 Å². The van der Waals surface area contributed by atoms with Gasteiger partial charge in [-0.25, -0.2) is 0 Å². The van der Waals surface area contributed by atoms with E-state index in [1.807, 2.05) is 25.1 Å². The molecule has 0 aromatic heterocycles. The van der Waals surface area contributed by atoms with Crippen molar-refractivity contribution in [2.45, 2.75) is 33.5 Å². The molecule has 5 nitrogen and oxygen atoms in total. The molecule has 0 saturated heterocycles. The molecule has 0 heterocycles. The maximum Gasteiger partial charge on any atom is 0.387 e. The van der Waals surface area contributed by atoms with Crippen molar-refractivity contribution >= 4 is 29.9 Å². The van der Waals surface area contributed by atoms with Gasteiger partial charge >= 0.3 is 6.61 Å². The van der Waals surface area contributed by atoms with Gasteiger partial charge in [-0.15, -0.1) is 24.0 Å². The molecule has 0 unspecified atom stereocenters. The van der Waals surface area contributed by atoms with Crippen LogP contribution < -0.4 is 20.1 Å². The molecule has 0 radical (unpaired) electrons. The number of ether oxygens (including phenoxy) is 2. The normalized spacial score (nSPS) is 11.0. The number of aliphatic imine (C=N–C) groups is 1. The first-order valence-corrected chi connectivity index (χ1v) is 8.72. The zero-order chi connectivity index (χ0) is 19.6. The molecular weight excluding hydrogens is 479 g/mol. The third kappa shape index (κ3) is 7.87. The number of aryl methyl sites for hydroxylation is 1. The van der Waals surface area contributed by atoms with Crippen molar-refractivity contribution in [2.75, 3.05) is 13.7 Å². The Morgan fingerprint density at radius 1 is 1.04 bits per heavy atom. The van der Waals surface area contributed by atoms with E-state index in [4.69, 9.17) is 4.74 Å². The summed E-state index contributed by atoms with van der Waals surface area (Å²) in [4.78, 5) is 4.20. The molecule has 0 bridgehead atoms. The first kappa shape index (κ1) is 23.9. The highest BCUT2D eigenvalue weighted by atomic mass is 127. The lowest BCUT2D eigenvalue weighted by Crippen LogP contribution is -2.36. The van der Waals surface area contributed by atoms with Crippen molar-refractivity contribution in [3.8, 4) is 11.5 Å². The minimum absolute atomic E-state index is 0. The highest BCUT2D eigenvalue weighted by Gasteiger charge is 2.11. The van der Waals surface area contributed by atoms with Gasteiger partial charge < -0.3 is 20.1 Å². The molecule has 0 aliphatic rings. The van der Waals surface area contributed by atoms with Crippen LogP contribution >= 0.6 is 24.0 Å². The Balaban J connectivity index is 0.00000392. The summed E-state index contributed by atoms with van der Waals surface area (Å²) in [6.07, 6.45) is 0. The van der Waals surface area contributed by atoms with Gasteiger partial charge in [-0.2, -0.15) is 8.78 Å². The first-order chi connectivity index (χ1) is 13.0. The lowest BCUT2D eigenvalue weighted by Gasteiger charge is -2.15. The van der Waals surface area contributed by atoms with E-state index in [9.17, 15) is 8.78 Å². The number of halogens is 3. The maximum absolute atomic E-state index is 12.5. The van der Waals surface area contributed by atoms with Crippen LogP contribution in [0.1, 0.15) is 23.6 Å². The SMILES string of the molecule is CCOc1cc(CNC(=NC)NCc2cccc(C)c2)ccc1OC(F)F.I. The third-order valence-corrected chi connectivity index (χ3v) is 3.75. The minimum atomic E-state index is -2.89. The lowest BCUT2D eigenvalue weighted by atomic mass is 10.1. The molecule has 2 aromatic rings. The maximum atomic E-state index is 12.5. The molecule has 0 fully saturated rings. The fourth-order valence-corrected chi connectivity index (χ4v) is 2.54. The van der Waals surface area contributed by atoms with Gasteiger partial charge in [-0.1, -0.05) is 35.9 Å². The van der Waals surface area contributed by atoms with Crippen LogP contribution in [0.5, 0.6) is 11.5 Å². The fraction of sp³-hybridized carbons (Fsp3) is 0.350. The van der Waals surface area contributed by atoms with Gasteiger partial charge in [0.15, 0.2) is 17.5 Å². The van der Waals surface area contributed by atoms with Crippen LogP contribution in [-0.4, -0.2) is 26.2 Å². The largest absolute Gasteiger partial charge is 0.490 e. The van der Waals surface area contributed by atoms with E-state index in [1.165, 1.54) is 11.6 Å². The Hall–Kier alpha value is -2.10. The number of alkyl halides is 2. The molecule has 0 amide bonds. The van der Waals surface area contributed by atoms with E-state index in [1.54, 1.807) is 26.1 Å². The molecule has 0 saturated carbocycles. The number of hydrogen-bond donors (Lipinski definition) is 2. The van der Waals surface area contributed by atoms with E-state index >= 15 is 0 Å². The van der Waals surface area contributed by atoms with Gasteiger partial charge in [-0.3, -0.25) is 4.99 Å². The summed E-state index contributed by atoms with van der Waals surface area (Å²) in [5.74, 6) is 0.958. The van der Waals surface area contributed by atoms with E-state index in [-0.39, 0.29) is 29.7 Å². The van der Waals surface area contributed by atoms with Crippen molar-refractivity contribution < 1.29 is 18.3 Å². The molecule has 0 aliphatic carbocycles. The van der Waals surface area contributed by atoms with Crippen molar-refractivity contribution in [1.29, 1.82) is 0 Å². The van der Waals surface area contributed by atoms with E-state index in [0.717, 1.165) is 11.1 Å². The highest BCUT2D eigenvalue weighted by Crippen LogP contribution is 2.29. The Morgan fingerprint density at radius 3 is 2.29 bits per heavy atom. The van der Waals surface area contributed by atoms with Gasteiger partial charge in [0.2, 0.25) is 0 Å². The summed E-state index contributed by atoms with van der Waals surface area (Å²) in [5.41, 5.74) is 3.22. The van der Waals surface area contributed by atoms with Gasteiger partial charge in [0.25, 0.3) is 0 Å². The number of nitrogens with one attached hydrogen (secondary N) is 2. The van der Waals surface area contributed by atoms with Gasteiger partial charge in [0.05, 0.1) is 6.61 Å². The summed E-state index contributed by atoms with van der Waals surface area (Å²) in [6, 6.07) is 13.1. The number of nitrogens with zero attached hydrogens (tertiary/aromatic N) is 1. The van der Waals surface area contributed by atoms with E-state index < -0.39 is 6.61 Å². The average molecular weight is 505 g/mol. The number of hydrogen-bond acceptors (Lipinski definition) is 3. The summed E-state index contributed by atoms with van der Waals surface area (Å²) >= 11 is 0. The molecule has 2 aromatic carbocycles. The summed E-state index contributed by atoms with van der Waals surface area (Å²) < 4.78 is 34.8. The Bertz CT molecular complexity index is 773. The monoisotopic (exact) mass is 505 g/mol. The zero-order valence-electron chi connectivity index (χ0n) is 16.2. The second-order valence-electron chi connectivity index (χ2n) is 5.86. The number of rotatable bonds is 8. The summed E-state index contributed by atoms with van der Waals surface area (Å²) in [7, 11) is 1.69. The average Bonchev–Trinajstić information content (AvgIpc) is 2.63. The first-order valence-electron chi connectivity index (χ1n) is 8.72. The molecule has 154 valence electrons. The van der Waals surface area contributed by atoms with Crippen LogP contribution in [0.3, 0.4) is 0 Å². The van der Waals surface area contributed by atoms with Crippen LogP contribution in [0.2, 0.25) is 0 Å². The topological polar surface area (TPSA) is 54.9 Å². The van der Waals surface area contributed by atoms with Crippen molar-refractivity contribution in [3.05, 3.63) is 59.2 Å². The van der Waals surface area contributed by atoms with E-state index in [0.29, 0.717) is 31.4 Å². The Labute approximate surface area is 181 Å². The summed E-state index contributed by atoms with van der Waals surface area (Å²) in [6.45, 7) is 2.41. The molecule has 0 atom stereocenters. The third-order valence-electron chi connectivity index (χ3n) is 3.75. The molecule has 2 rings (SSSR count). The fourth-order valence-electron chi connectivity index (χ4n) is 2.54. The predicted octanol–water partition coefficient (Wildman–Crippen LogP) is 4.48. The smallest absolute Gasteiger partial charge is 0.387 e. The predicted molar refractivity (Wildman–Crippen MR) is 118 cm³/mol. The molecule has 28 heavy (non-hydrogen) atoms. The second-order valence-corrected chi connectivity index (χ2v) is 5.86. The lowest BCUT2D eigenvalue weighted by molar-refractivity contribution is -0.0514. The van der Waals surface area contributed by atoms with Crippen LogP contribution in [0.15, 0.2) is 47.5 Å². The molecule has 0 spiro atoms. The number of guanidine groups is 1.